The lowest BCUT2D eigenvalue weighted by molar-refractivity contribution is -0.385. The maximum absolute atomic E-state index is 11.8. The number of aromatic amines is 2. The van der Waals surface area contributed by atoms with Crippen molar-refractivity contribution in [3.05, 3.63) is 221 Å². The van der Waals surface area contributed by atoms with E-state index in [1.165, 1.54) is 16.8 Å². The molecule has 0 unspecified atom stereocenters. The molecule has 664 valence electrons. The van der Waals surface area contributed by atoms with Gasteiger partial charge in [0.2, 0.25) is 5.95 Å². The summed E-state index contributed by atoms with van der Waals surface area (Å²) >= 11 is 14.4. The van der Waals surface area contributed by atoms with Crippen molar-refractivity contribution >= 4 is 128 Å². The predicted molar refractivity (Wildman–Crippen MR) is 497 cm³/mol. The van der Waals surface area contributed by atoms with Crippen molar-refractivity contribution in [2.75, 3.05) is 28.7 Å². The van der Waals surface area contributed by atoms with Crippen LogP contribution in [0.1, 0.15) is 216 Å². The highest BCUT2D eigenvalue weighted by atomic mass is 32.1. The van der Waals surface area contributed by atoms with E-state index >= 15 is 0 Å². The number of nitro benzene ring substituents is 1. The van der Waals surface area contributed by atoms with Gasteiger partial charge >= 0.3 is 5.69 Å². The van der Waals surface area contributed by atoms with Crippen LogP contribution in [0.15, 0.2) is 142 Å². The second-order valence-corrected chi connectivity index (χ2v) is 33.8. The molecule has 0 aliphatic heterocycles. The number of azide groups is 1. The van der Waals surface area contributed by atoms with Gasteiger partial charge in [-0.2, -0.15) is 22.6 Å². The maximum Gasteiger partial charge on any atom is 0.328 e. The largest absolute Gasteiger partial charge is 0.382 e. The number of carbonyl (C=O) groups is 1. The van der Waals surface area contributed by atoms with E-state index in [2.05, 4.69) is 128 Å². The van der Waals surface area contributed by atoms with Crippen molar-refractivity contribution in [3.63, 3.8) is 0 Å². The number of non-ortho nitro benzene ring substituents is 1. The highest BCUT2D eigenvalue weighted by Gasteiger charge is 2.24. The number of pyridine rings is 2. The number of aromatic nitrogens is 20. The van der Waals surface area contributed by atoms with Gasteiger partial charge in [0, 0.05) is 160 Å². The summed E-state index contributed by atoms with van der Waals surface area (Å²) in [6, 6.07) is 13.6. The van der Waals surface area contributed by atoms with Gasteiger partial charge in [-0.15, -0.1) is 5.92 Å². The molecule has 12 aromatic heterocycles. The SMILES string of the molecule is CC#Cc1cn(C(C)C)c(=O)[nH]c1=O.CC(C)(C)n1c(N=[N+]=[N-])nc2c(N)nccc21.CC(C)(C)n1ccc([N+](=O)[O-])c1.CC(C)(C)n1cnc2c(N)nccc21.CC(C)n1ccc2cc([N+](=O)[O-])ccc21.CC(C)n1cnc(C(N)=O)c1.CC(C)n1cnc2c(N)nc(N)nc21.Cc1cn(C(C)C)c(=S)[nH]c1=O.Cc1cn(C(C)C)c(=S)n(CCS)c1=O. The minimum absolute atomic E-state index is 0.00838. The molecule has 0 atom stereocenters. The molecule has 42 heteroatoms. The van der Waals surface area contributed by atoms with Crippen LogP contribution in [0.5, 0.6) is 0 Å². The third-order valence-electron chi connectivity index (χ3n) is 17.9. The number of H-pyrrole nitrogens is 2. The Balaban J connectivity index is 0.000000248. The summed E-state index contributed by atoms with van der Waals surface area (Å²) in [6.07, 6.45) is 20.4. The van der Waals surface area contributed by atoms with Crippen molar-refractivity contribution in [1.82, 2.24) is 95.5 Å². The molecule has 1 aromatic carbocycles. The Hall–Kier alpha value is -13.4. The second-order valence-electron chi connectivity index (χ2n) is 32.6. The highest BCUT2D eigenvalue weighted by molar-refractivity contribution is 7.80. The number of rotatable bonds is 12. The number of imidazole rings is 4. The van der Waals surface area contributed by atoms with E-state index in [9.17, 15) is 44.2 Å². The van der Waals surface area contributed by atoms with Crippen LogP contribution in [0.3, 0.4) is 0 Å². The van der Waals surface area contributed by atoms with E-state index in [-0.39, 0.29) is 79.1 Å². The van der Waals surface area contributed by atoms with E-state index in [1.807, 2.05) is 176 Å². The van der Waals surface area contributed by atoms with E-state index in [1.54, 1.807) is 92.5 Å². The Labute approximate surface area is 732 Å². The van der Waals surface area contributed by atoms with E-state index < -0.39 is 17.2 Å². The number of amides is 1. The molecule has 39 nitrogen and oxygen atoms in total. The predicted octanol–water partition coefficient (Wildman–Crippen LogP) is 15.4. The van der Waals surface area contributed by atoms with E-state index in [0.717, 1.165) is 33.0 Å². The second kappa shape index (κ2) is 43.9. The molecular weight excluding hydrogens is 1650 g/mol. The third-order valence-corrected chi connectivity index (χ3v) is 18.9. The minimum Gasteiger partial charge on any atom is -0.382 e. The standard InChI is InChI=1S/C11H12N2O2.C10H13N7.C10H14N4.C10H12N2O2.C10H16N2OS2.C8H12N6.C8H12N2O2.C8H12N2OS.C7H11N3O/c1-8(2)12-6-5-9-7-10(13(14)15)3-4-11(9)12;1-10(2,3)17-6-4-5-13-8(11)7(6)14-9(17)15-16-12;1-10(2,3)14-6-13-8-7(14)4-5-12-9(8)11;1-4-5-8-6-12(7(2)3)10(14)11-9(8)13;1-7(2)12-6-8(3)9(13)11(4-5-14)10(12)15;1-4(2)14-3-11-5-6(9)12-8(10)13-7(5)14;1-8(2,3)9-5-4-7(6-9)10(11)12;1-5(2)10-4-6(3)7(11)9-8(10)12;1-5(2)10-3-6(7(8)11)9-4-10/h3-8H,1-2H3;4-5H,1-3H3,(H2,11,13);4-6H,1-3H3,(H2,11,12);6-7H,1-3H3,(H,11,13,14);6-7,14H,4-5H2,1-3H3;3-4H,1-2H3,(H4,9,10,12,13);4-6H,1-3H3;4-5H,1-3H3,(H,9,11,12);3-5H,1-2H3,(H2,8,11). The monoisotopic (exact) mass is 1760 g/mol. The fourth-order valence-corrected chi connectivity index (χ4v) is 12.5. The van der Waals surface area contributed by atoms with Crippen molar-refractivity contribution < 1.29 is 14.6 Å². The molecule has 0 radical (unpaired) electrons. The minimum atomic E-state index is -0.482. The lowest BCUT2D eigenvalue weighted by Gasteiger charge is -2.23. The molecule has 0 saturated heterocycles. The Morgan fingerprint density at radius 2 is 1.17 bits per heavy atom. The van der Waals surface area contributed by atoms with Crippen LogP contribution in [-0.4, -0.2) is 117 Å². The first-order valence-electron chi connectivity index (χ1n) is 39.2. The molecule has 0 aliphatic carbocycles. The molecule has 1 amide bonds. The number of nitro groups is 2. The van der Waals surface area contributed by atoms with Gasteiger partial charge in [0.1, 0.15) is 27.8 Å². The summed E-state index contributed by atoms with van der Waals surface area (Å²) in [5, 5.41) is 25.4. The van der Waals surface area contributed by atoms with Gasteiger partial charge in [-0.25, -0.2) is 34.7 Å². The average Bonchev–Trinajstić information content (AvgIpc) is 1.64. The van der Waals surface area contributed by atoms with Gasteiger partial charge in [-0.05, 0) is 226 Å². The number of aryl methyl sites for hydroxylation is 2. The fraction of sp³-hybridized carbons (Fsp3) is 0.427. The number of benzene rings is 1. The highest BCUT2D eigenvalue weighted by Crippen LogP contribution is 2.32. The summed E-state index contributed by atoms with van der Waals surface area (Å²) in [6.45, 7) is 48.3. The lowest BCUT2D eigenvalue weighted by Crippen LogP contribution is -2.31. The van der Waals surface area contributed by atoms with Crippen LogP contribution < -0.4 is 51.0 Å². The first-order chi connectivity index (χ1) is 57.7. The molecule has 0 saturated carbocycles. The van der Waals surface area contributed by atoms with Crippen molar-refractivity contribution in [1.29, 1.82) is 0 Å². The summed E-state index contributed by atoms with van der Waals surface area (Å²) < 4.78 is 19.5. The number of nitrogens with one attached hydrogen (secondary N) is 2. The van der Waals surface area contributed by atoms with Crippen LogP contribution >= 0.6 is 37.1 Å². The van der Waals surface area contributed by atoms with Crippen molar-refractivity contribution in [2.45, 2.75) is 226 Å². The van der Waals surface area contributed by atoms with Gasteiger partial charge < -0.3 is 65.2 Å². The van der Waals surface area contributed by atoms with E-state index in [0.29, 0.717) is 90.8 Å². The molecular formula is C82H114N30O9S3. The van der Waals surface area contributed by atoms with Gasteiger partial charge in [0.15, 0.2) is 38.6 Å². The number of nitrogen functional groups attached to an aromatic ring is 4. The molecule has 13 rings (SSSR count). The van der Waals surface area contributed by atoms with Crippen LogP contribution in [-0.2, 0) is 23.2 Å². The molecule has 13 aromatic rings. The Kier molecular flexibility index (Phi) is 35.8. The normalized spacial score (nSPS) is 11.1. The molecule has 0 bridgehead atoms. The van der Waals surface area contributed by atoms with Crippen molar-refractivity contribution in [3.8, 4) is 11.8 Å². The Morgan fingerprint density at radius 1 is 0.597 bits per heavy atom. The summed E-state index contributed by atoms with van der Waals surface area (Å²) in [5.74, 6) is 7.03. The molecule has 0 spiro atoms. The zero-order valence-electron chi connectivity index (χ0n) is 74.5. The Morgan fingerprint density at radius 3 is 1.66 bits per heavy atom. The van der Waals surface area contributed by atoms with Crippen LogP contribution in [0.4, 0.5) is 40.7 Å². The maximum atomic E-state index is 11.8. The first kappa shape index (κ1) is 101. The summed E-state index contributed by atoms with van der Waals surface area (Å²) in [5.41, 5.74) is 42.8. The topological polar surface area (TPSA) is 534 Å². The number of primary amides is 1. The third kappa shape index (κ3) is 27.1. The number of fused-ring (bicyclic) bond motifs is 4. The molecule has 0 aliphatic rings. The van der Waals surface area contributed by atoms with Gasteiger partial charge in [-0.3, -0.25) is 58.5 Å². The van der Waals surface area contributed by atoms with E-state index in [4.69, 9.17) is 58.6 Å². The number of thiol groups is 1. The van der Waals surface area contributed by atoms with Gasteiger partial charge in [0.05, 0.1) is 46.1 Å². The number of nitrogens with two attached hydrogens (primary N) is 5. The summed E-state index contributed by atoms with van der Waals surface area (Å²) in [4.78, 5) is 116. The fourth-order valence-electron chi connectivity index (χ4n) is 11.5. The lowest BCUT2D eigenvalue weighted by atomic mass is 10.1. The van der Waals surface area contributed by atoms with Gasteiger partial charge in [-0.1, -0.05) is 5.92 Å². The number of nitrogens with zero attached hydrogens (tertiary/aromatic N) is 23. The van der Waals surface area contributed by atoms with Crippen LogP contribution in [0.25, 0.3) is 54.6 Å². The first-order valence-corrected chi connectivity index (χ1v) is 40.6. The zero-order chi connectivity index (χ0) is 93.7. The van der Waals surface area contributed by atoms with Crippen molar-refractivity contribution in [2.24, 2.45) is 10.8 Å². The number of anilines is 4. The van der Waals surface area contributed by atoms with Crippen LogP contribution in [0.2, 0.25) is 0 Å². The molecule has 12 heterocycles. The molecule has 12 N–H and O–H groups in total. The average molecular weight is 1760 g/mol. The summed E-state index contributed by atoms with van der Waals surface area (Å²) in [7, 11) is 0. The number of carbonyl (C=O) groups excluding carboxylic acids is 1. The van der Waals surface area contributed by atoms with Gasteiger partial charge in [0.25, 0.3) is 34.0 Å². The zero-order valence-corrected chi connectivity index (χ0v) is 77.0. The van der Waals surface area contributed by atoms with Crippen LogP contribution in [0, 0.1) is 55.5 Å². The quantitative estimate of drug-likeness (QED) is 0.00823. The Bertz CT molecular complexity index is 6400. The number of hydrogen-bond acceptors (Lipinski definition) is 25. The molecule has 0 fully saturated rings. The molecule has 124 heavy (non-hydrogen) atoms. The smallest absolute Gasteiger partial charge is 0.328 e. The number of hydrogen-bond donors (Lipinski definition) is 8.